The van der Waals surface area contributed by atoms with Crippen LogP contribution in [0, 0.1) is 0 Å². The summed E-state index contributed by atoms with van der Waals surface area (Å²) in [4.78, 5) is 26.1. The van der Waals surface area contributed by atoms with Crippen LogP contribution in [0.2, 0.25) is 0 Å². The summed E-state index contributed by atoms with van der Waals surface area (Å²) in [7, 11) is 0. The van der Waals surface area contributed by atoms with Crippen LogP contribution in [0.15, 0.2) is 24.3 Å². The Hall–Kier alpha value is -1.66. The van der Waals surface area contributed by atoms with Gasteiger partial charge < -0.3 is 20.3 Å². The molecule has 0 fully saturated rings. The number of esters is 1. The number of unbranched alkanes of at least 4 members (excludes halogenated alkanes) is 32. The highest BCUT2D eigenvalue weighted by atomic mass is 16.5. The number of amides is 1. The molecule has 0 aromatic rings. The molecule has 0 rings (SSSR count). The molecule has 0 aliphatic rings. The molecule has 0 aliphatic carbocycles. The lowest BCUT2D eigenvalue weighted by Crippen LogP contribution is -2.46. The second kappa shape index (κ2) is 48.4. The third-order valence-corrected chi connectivity index (χ3v) is 12.3. The van der Waals surface area contributed by atoms with E-state index in [2.05, 4.69) is 50.4 Å². The normalized spacial score (nSPS) is 13.3. The van der Waals surface area contributed by atoms with Crippen molar-refractivity contribution < 1.29 is 24.5 Å². The van der Waals surface area contributed by atoms with Gasteiger partial charge in [-0.25, -0.2) is 0 Å². The molecule has 354 valence electrons. The lowest BCUT2D eigenvalue weighted by molar-refractivity contribution is -0.151. The lowest BCUT2D eigenvalue weighted by atomic mass is 10.0. The summed E-state index contributed by atoms with van der Waals surface area (Å²) in [5, 5.41) is 23.8. The largest absolute Gasteiger partial charge is 0.462 e. The molecule has 3 unspecified atom stereocenters. The van der Waals surface area contributed by atoms with Crippen LogP contribution in [-0.4, -0.2) is 46.9 Å². The van der Waals surface area contributed by atoms with Crippen molar-refractivity contribution in [2.75, 3.05) is 6.61 Å². The molecule has 6 heteroatoms. The molecule has 0 saturated heterocycles. The van der Waals surface area contributed by atoms with Gasteiger partial charge in [0.1, 0.15) is 6.10 Å². The van der Waals surface area contributed by atoms with Crippen molar-refractivity contribution in [1.82, 2.24) is 5.32 Å². The van der Waals surface area contributed by atoms with Gasteiger partial charge in [-0.05, 0) is 70.6 Å². The number of aliphatic hydroxyl groups is 2. The quantitative estimate of drug-likeness (QED) is 0.0322. The number of allylic oxidation sites excluding steroid dienone is 4. The molecule has 6 nitrogen and oxygen atoms in total. The summed E-state index contributed by atoms with van der Waals surface area (Å²) in [6.45, 7) is 6.46. The first-order chi connectivity index (χ1) is 29.5. The summed E-state index contributed by atoms with van der Waals surface area (Å²) in [6.07, 6.45) is 55.2. The maximum atomic E-state index is 13.2. The van der Waals surface area contributed by atoms with Crippen molar-refractivity contribution in [3.8, 4) is 0 Å². The number of hydrogen-bond acceptors (Lipinski definition) is 5. The van der Waals surface area contributed by atoms with Crippen molar-refractivity contribution in [2.24, 2.45) is 0 Å². The Labute approximate surface area is 373 Å². The molecule has 0 bridgehead atoms. The molecule has 3 N–H and O–H groups in total. The van der Waals surface area contributed by atoms with Crippen molar-refractivity contribution in [3.05, 3.63) is 24.3 Å². The average Bonchev–Trinajstić information content (AvgIpc) is 3.24. The van der Waals surface area contributed by atoms with E-state index in [-0.39, 0.29) is 24.9 Å². The van der Waals surface area contributed by atoms with Crippen molar-refractivity contribution in [3.63, 3.8) is 0 Å². The standard InChI is InChI=1S/C54H103NO5/c1-4-7-10-13-16-19-22-24-26-27-29-32-34-37-40-43-46-52(57)51(49-56)55-53(58)48-50(45-42-39-36-33-31-28-25-23-20-17-14-11-8-5-2)60-54(59)47-44-41-38-35-30-21-18-15-12-9-6-3/h15,18,28,31,50-52,56-57H,4-14,16-17,19-27,29-30,32-49H2,1-3H3,(H,55,58)/b18-15-,31-28+. The molecule has 0 saturated carbocycles. The third kappa shape index (κ3) is 43.0. The second-order valence-electron chi connectivity index (χ2n) is 18.3. The van der Waals surface area contributed by atoms with Gasteiger partial charge in [-0.3, -0.25) is 9.59 Å². The number of aliphatic hydroxyl groups excluding tert-OH is 2. The fourth-order valence-electron chi connectivity index (χ4n) is 8.17. The van der Waals surface area contributed by atoms with Crippen LogP contribution in [-0.2, 0) is 14.3 Å². The maximum absolute atomic E-state index is 13.2. The lowest BCUT2D eigenvalue weighted by Gasteiger charge is -2.24. The molecule has 3 atom stereocenters. The molecule has 1 amide bonds. The summed E-state index contributed by atoms with van der Waals surface area (Å²) in [5.41, 5.74) is 0. The van der Waals surface area contributed by atoms with Crippen molar-refractivity contribution in [2.45, 2.75) is 302 Å². The molecule has 60 heavy (non-hydrogen) atoms. The van der Waals surface area contributed by atoms with Gasteiger partial charge >= 0.3 is 5.97 Å². The fraction of sp³-hybridized carbons (Fsp3) is 0.889. The SMILES string of the molecule is CCCC/C=C\CCCCCCCC(=O)OC(CCCCC/C=C/CCCCCCCCC)CC(=O)NC(CO)C(O)CCCCCCCCCCCCCCCCCC. The maximum Gasteiger partial charge on any atom is 0.306 e. The van der Waals surface area contributed by atoms with Crippen molar-refractivity contribution in [1.29, 1.82) is 0 Å². The number of nitrogens with one attached hydrogen (secondary N) is 1. The first-order valence-electron chi connectivity index (χ1n) is 26.6. The zero-order valence-corrected chi connectivity index (χ0v) is 40.4. The number of rotatable bonds is 48. The zero-order chi connectivity index (χ0) is 43.8. The molecule has 0 aliphatic heterocycles. The van der Waals surface area contributed by atoms with E-state index < -0.39 is 18.2 Å². The number of carbonyl (C=O) groups is 2. The smallest absolute Gasteiger partial charge is 0.306 e. The van der Waals surface area contributed by atoms with E-state index in [0.29, 0.717) is 19.3 Å². The zero-order valence-electron chi connectivity index (χ0n) is 40.4. The van der Waals surface area contributed by atoms with Gasteiger partial charge in [0.25, 0.3) is 0 Å². The Balaban J connectivity index is 4.52. The van der Waals surface area contributed by atoms with Crippen LogP contribution < -0.4 is 5.32 Å². The Morgan fingerprint density at radius 1 is 0.467 bits per heavy atom. The van der Waals surface area contributed by atoms with E-state index in [9.17, 15) is 19.8 Å². The molecule has 0 spiro atoms. The van der Waals surface area contributed by atoms with E-state index in [1.165, 1.54) is 173 Å². The van der Waals surface area contributed by atoms with Crippen LogP contribution in [0.4, 0.5) is 0 Å². The summed E-state index contributed by atoms with van der Waals surface area (Å²) in [5.74, 6) is -0.489. The minimum Gasteiger partial charge on any atom is -0.462 e. The predicted octanol–water partition coefficient (Wildman–Crippen LogP) is 15.9. The van der Waals surface area contributed by atoms with E-state index in [1.54, 1.807) is 0 Å². The van der Waals surface area contributed by atoms with Crippen LogP contribution in [0.25, 0.3) is 0 Å². The van der Waals surface area contributed by atoms with E-state index >= 15 is 0 Å². The predicted molar refractivity (Wildman–Crippen MR) is 260 cm³/mol. The highest BCUT2D eigenvalue weighted by Crippen LogP contribution is 2.18. The number of carbonyl (C=O) groups excluding carboxylic acids is 2. The van der Waals surface area contributed by atoms with Gasteiger partial charge in [0.15, 0.2) is 0 Å². The second-order valence-corrected chi connectivity index (χ2v) is 18.3. The monoisotopic (exact) mass is 846 g/mol. The molecule has 0 aromatic heterocycles. The highest BCUT2D eigenvalue weighted by Gasteiger charge is 2.24. The molecular weight excluding hydrogens is 743 g/mol. The van der Waals surface area contributed by atoms with E-state index in [0.717, 1.165) is 64.2 Å². The molecule has 0 aromatic carbocycles. The van der Waals surface area contributed by atoms with Gasteiger partial charge in [-0.15, -0.1) is 0 Å². The summed E-state index contributed by atoms with van der Waals surface area (Å²) < 4.78 is 5.92. The highest BCUT2D eigenvalue weighted by molar-refractivity contribution is 5.77. The summed E-state index contributed by atoms with van der Waals surface area (Å²) >= 11 is 0. The minimum atomic E-state index is -0.789. The average molecular weight is 846 g/mol. The van der Waals surface area contributed by atoms with Crippen LogP contribution in [0.3, 0.4) is 0 Å². The van der Waals surface area contributed by atoms with Crippen molar-refractivity contribution >= 4 is 11.9 Å². The summed E-state index contributed by atoms with van der Waals surface area (Å²) in [6, 6.07) is -0.704. The third-order valence-electron chi connectivity index (χ3n) is 12.3. The topological polar surface area (TPSA) is 95.9 Å². The Bertz CT molecular complexity index is 950. The number of ether oxygens (including phenoxy) is 1. The molecule has 0 radical (unpaired) electrons. The van der Waals surface area contributed by atoms with Gasteiger partial charge in [0.2, 0.25) is 5.91 Å². The van der Waals surface area contributed by atoms with E-state index in [4.69, 9.17) is 4.74 Å². The Morgan fingerprint density at radius 2 is 0.817 bits per heavy atom. The van der Waals surface area contributed by atoms with Gasteiger partial charge in [0, 0.05) is 6.42 Å². The minimum absolute atomic E-state index is 0.0676. The Kier molecular flexibility index (Phi) is 47.0. The first kappa shape index (κ1) is 58.3. The Morgan fingerprint density at radius 3 is 1.25 bits per heavy atom. The van der Waals surface area contributed by atoms with Crippen LogP contribution >= 0.6 is 0 Å². The first-order valence-corrected chi connectivity index (χ1v) is 26.6. The van der Waals surface area contributed by atoms with E-state index in [1.807, 2.05) is 0 Å². The van der Waals surface area contributed by atoms with Crippen LogP contribution in [0.5, 0.6) is 0 Å². The molecule has 0 heterocycles. The van der Waals surface area contributed by atoms with Gasteiger partial charge in [-0.2, -0.15) is 0 Å². The number of hydrogen-bond donors (Lipinski definition) is 3. The fourth-order valence-corrected chi connectivity index (χ4v) is 8.17. The van der Waals surface area contributed by atoms with Gasteiger partial charge in [-0.1, -0.05) is 225 Å². The van der Waals surface area contributed by atoms with Crippen LogP contribution in [0.1, 0.15) is 284 Å². The van der Waals surface area contributed by atoms with Gasteiger partial charge in [0.05, 0.1) is 25.2 Å². The molecular formula is C54H103NO5.